The first-order valence-electron chi connectivity index (χ1n) is 11.8. The second kappa shape index (κ2) is 7.66. The molecule has 1 saturated heterocycles. The number of hydrogen-bond donors (Lipinski definition) is 2. The molecule has 0 unspecified atom stereocenters. The van der Waals surface area contributed by atoms with Gasteiger partial charge in [0.1, 0.15) is 17.2 Å². The van der Waals surface area contributed by atoms with Crippen molar-refractivity contribution in [3.8, 4) is 5.75 Å². The van der Waals surface area contributed by atoms with E-state index in [0.717, 1.165) is 55.0 Å². The predicted octanol–water partition coefficient (Wildman–Crippen LogP) is 4.52. The minimum Gasteiger partial charge on any atom is -0.495 e. The number of H-pyrrole nitrogens is 1. The number of piperidine rings is 1. The van der Waals surface area contributed by atoms with Crippen molar-refractivity contribution < 1.29 is 14.3 Å². The predicted molar refractivity (Wildman–Crippen MR) is 128 cm³/mol. The van der Waals surface area contributed by atoms with Crippen molar-refractivity contribution in [2.45, 2.75) is 44.9 Å². The zero-order valence-corrected chi connectivity index (χ0v) is 19.2. The summed E-state index contributed by atoms with van der Waals surface area (Å²) in [5.74, 6) is 1.86. The van der Waals surface area contributed by atoms with E-state index < -0.39 is 5.72 Å². The number of nitrogens with one attached hydrogen (secondary N) is 2. The van der Waals surface area contributed by atoms with E-state index in [1.54, 1.807) is 7.11 Å². The van der Waals surface area contributed by atoms with Gasteiger partial charge in [0.2, 0.25) is 0 Å². The van der Waals surface area contributed by atoms with Crippen molar-refractivity contribution in [3.05, 3.63) is 70.6 Å². The third kappa shape index (κ3) is 3.32. The Labute approximate surface area is 193 Å². The fraction of sp³-hybridized carbons (Fsp3) is 0.370. The van der Waals surface area contributed by atoms with Gasteiger partial charge in [0, 0.05) is 38.0 Å². The molecule has 1 spiro atoms. The van der Waals surface area contributed by atoms with Crippen molar-refractivity contribution in [3.63, 3.8) is 0 Å². The summed E-state index contributed by atoms with van der Waals surface area (Å²) in [6, 6.07) is 12.7. The van der Waals surface area contributed by atoms with Gasteiger partial charge < -0.3 is 19.4 Å². The number of methoxy groups -OCH3 is 1. The van der Waals surface area contributed by atoms with Crippen LogP contribution >= 0.6 is 0 Å². The molecule has 3 aliphatic rings. The minimum absolute atomic E-state index is 0.0643. The van der Waals surface area contributed by atoms with Crippen LogP contribution in [0.15, 0.2) is 42.5 Å². The number of amides is 1. The molecular formula is C27H29N3O3. The Morgan fingerprint density at radius 1 is 1.15 bits per heavy atom. The van der Waals surface area contributed by atoms with Gasteiger partial charge in [0.05, 0.1) is 12.8 Å². The Hall–Kier alpha value is -3.25. The molecular weight excluding hydrogens is 414 g/mol. The summed E-state index contributed by atoms with van der Waals surface area (Å²) in [5.41, 5.74) is 4.67. The molecule has 6 heteroatoms. The standard InChI is InChI=1S/C27H29N3O3/c1-17-21-8-5-9-22(32-2)25(21)29-24(17)26(31)30-12-10-27(11-13-30)28-16-20-14-18-6-3-4-7-19(18)15-23(20)33-27/h3-4,6-7,9,14-15,28-29H,5,8,10-13,16H2,1-2H3. The molecule has 0 saturated carbocycles. The topological polar surface area (TPSA) is 66.6 Å². The number of likely N-dealkylation sites (tertiary alicyclic amines) is 1. The normalized spacial score (nSPS) is 19.0. The van der Waals surface area contributed by atoms with Crippen LogP contribution in [0.2, 0.25) is 0 Å². The number of benzene rings is 2. The summed E-state index contributed by atoms with van der Waals surface area (Å²) in [6.07, 6.45) is 5.48. The van der Waals surface area contributed by atoms with Crippen LogP contribution in [0, 0.1) is 6.92 Å². The lowest BCUT2D eigenvalue weighted by molar-refractivity contribution is -0.0335. The molecule has 0 bridgehead atoms. The molecule has 1 amide bonds. The third-order valence-corrected chi connectivity index (χ3v) is 7.48. The summed E-state index contributed by atoms with van der Waals surface area (Å²) in [7, 11) is 1.68. The van der Waals surface area contributed by atoms with Crippen molar-refractivity contribution >= 4 is 22.4 Å². The van der Waals surface area contributed by atoms with E-state index in [9.17, 15) is 4.79 Å². The minimum atomic E-state index is -0.414. The number of fused-ring (bicyclic) bond motifs is 3. The summed E-state index contributed by atoms with van der Waals surface area (Å²) >= 11 is 0. The average Bonchev–Trinajstić information content (AvgIpc) is 3.19. The number of rotatable bonds is 2. The summed E-state index contributed by atoms with van der Waals surface area (Å²) in [4.78, 5) is 18.7. The van der Waals surface area contributed by atoms with Crippen LogP contribution in [0.1, 0.15) is 52.1 Å². The molecule has 2 aliphatic heterocycles. The van der Waals surface area contributed by atoms with Crippen LogP contribution in [0.4, 0.5) is 0 Å². The van der Waals surface area contributed by atoms with Crippen LogP contribution in [0.5, 0.6) is 5.75 Å². The van der Waals surface area contributed by atoms with Gasteiger partial charge in [-0.2, -0.15) is 0 Å². The molecule has 2 N–H and O–H groups in total. The highest BCUT2D eigenvalue weighted by molar-refractivity contribution is 5.95. The lowest BCUT2D eigenvalue weighted by Crippen LogP contribution is -2.59. The van der Waals surface area contributed by atoms with Crippen LogP contribution in [-0.2, 0) is 17.7 Å². The lowest BCUT2D eigenvalue weighted by Gasteiger charge is -2.45. The van der Waals surface area contributed by atoms with Crippen molar-refractivity contribution in [1.29, 1.82) is 0 Å². The van der Waals surface area contributed by atoms with E-state index in [2.05, 4.69) is 52.8 Å². The maximum absolute atomic E-state index is 13.4. The van der Waals surface area contributed by atoms with Crippen LogP contribution in [0.25, 0.3) is 16.5 Å². The SMILES string of the molecule is COC1=CCCc2c1[nH]c(C(=O)N1CCC3(CC1)NCc1cc4ccccc4cc1O3)c2C. The van der Waals surface area contributed by atoms with Crippen molar-refractivity contribution in [2.75, 3.05) is 20.2 Å². The molecule has 33 heavy (non-hydrogen) atoms. The number of allylic oxidation sites excluding steroid dienone is 1. The van der Waals surface area contributed by atoms with Gasteiger partial charge in [-0.3, -0.25) is 10.1 Å². The largest absolute Gasteiger partial charge is 0.495 e. The number of hydrogen-bond acceptors (Lipinski definition) is 4. The molecule has 2 aromatic carbocycles. The number of nitrogens with zero attached hydrogens (tertiary/aromatic N) is 1. The monoisotopic (exact) mass is 443 g/mol. The Balaban J connectivity index is 1.19. The number of ether oxygens (including phenoxy) is 2. The van der Waals surface area contributed by atoms with Crippen LogP contribution in [0.3, 0.4) is 0 Å². The highest BCUT2D eigenvalue weighted by Crippen LogP contribution is 2.37. The van der Waals surface area contributed by atoms with E-state index in [0.29, 0.717) is 18.8 Å². The maximum Gasteiger partial charge on any atom is 0.270 e. The van der Waals surface area contributed by atoms with Crippen molar-refractivity contribution in [2.24, 2.45) is 0 Å². The van der Waals surface area contributed by atoms with Crippen LogP contribution in [-0.4, -0.2) is 41.7 Å². The molecule has 3 heterocycles. The first-order chi connectivity index (χ1) is 16.1. The number of carbonyl (C=O) groups excluding carboxylic acids is 1. The van der Waals surface area contributed by atoms with E-state index in [4.69, 9.17) is 9.47 Å². The van der Waals surface area contributed by atoms with Crippen LogP contribution < -0.4 is 10.1 Å². The fourth-order valence-corrected chi connectivity index (χ4v) is 5.51. The molecule has 0 radical (unpaired) electrons. The smallest absolute Gasteiger partial charge is 0.270 e. The van der Waals surface area contributed by atoms with Gasteiger partial charge in [0.15, 0.2) is 5.72 Å². The molecule has 3 aromatic rings. The second-order valence-corrected chi connectivity index (χ2v) is 9.34. The average molecular weight is 444 g/mol. The zero-order valence-electron chi connectivity index (χ0n) is 19.2. The zero-order chi connectivity index (χ0) is 22.6. The van der Waals surface area contributed by atoms with Gasteiger partial charge >= 0.3 is 0 Å². The van der Waals surface area contributed by atoms with Gasteiger partial charge in [-0.1, -0.05) is 24.3 Å². The quantitative estimate of drug-likeness (QED) is 0.611. The van der Waals surface area contributed by atoms with E-state index >= 15 is 0 Å². The Morgan fingerprint density at radius 2 is 1.91 bits per heavy atom. The number of aromatic nitrogens is 1. The lowest BCUT2D eigenvalue weighted by atomic mass is 9.95. The number of carbonyl (C=O) groups is 1. The molecule has 0 atom stereocenters. The van der Waals surface area contributed by atoms with Gasteiger partial charge in [0.25, 0.3) is 5.91 Å². The van der Waals surface area contributed by atoms with E-state index in [1.165, 1.54) is 21.9 Å². The van der Waals surface area contributed by atoms with E-state index in [-0.39, 0.29) is 5.91 Å². The first kappa shape index (κ1) is 20.4. The highest BCUT2D eigenvalue weighted by Gasteiger charge is 2.41. The fourth-order valence-electron chi connectivity index (χ4n) is 5.51. The third-order valence-electron chi connectivity index (χ3n) is 7.48. The summed E-state index contributed by atoms with van der Waals surface area (Å²) < 4.78 is 12.1. The Bertz CT molecular complexity index is 1280. The first-order valence-corrected chi connectivity index (χ1v) is 11.8. The second-order valence-electron chi connectivity index (χ2n) is 9.34. The Morgan fingerprint density at radius 3 is 2.67 bits per heavy atom. The molecule has 170 valence electrons. The van der Waals surface area contributed by atoms with Gasteiger partial charge in [-0.25, -0.2) is 0 Å². The summed E-state index contributed by atoms with van der Waals surface area (Å²) in [5, 5.41) is 6.05. The Kier molecular flexibility index (Phi) is 4.73. The van der Waals surface area contributed by atoms with E-state index in [1.807, 2.05) is 11.8 Å². The van der Waals surface area contributed by atoms with Gasteiger partial charge in [-0.15, -0.1) is 0 Å². The molecule has 1 aromatic heterocycles. The van der Waals surface area contributed by atoms with Crippen molar-refractivity contribution in [1.82, 2.24) is 15.2 Å². The molecule has 1 aliphatic carbocycles. The molecule has 6 nitrogen and oxygen atoms in total. The maximum atomic E-state index is 13.4. The molecule has 1 fully saturated rings. The summed E-state index contributed by atoms with van der Waals surface area (Å²) in [6.45, 7) is 4.14. The number of aromatic amines is 1. The highest BCUT2D eigenvalue weighted by atomic mass is 16.5. The molecule has 6 rings (SSSR count). The van der Waals surface area contributed by atoms with Gasteiger partial charge in [-0.05, 0) is 59.9 Å².